The maximum atomic E-state index is 12.1. The first kappa shape index (κ1) is 21.7. The summed E-state index contributed by atoms with van der Waals surface area (Å²) in [7, 11) is 1.17. The maximum Gasteiger partial charge on any atom is 0.410 e. The van der Waals surface area contributed by atoms with Crippen molar-refractivity contribution in [3.63, 3.8) is 0 Å². The number of likely N-dealkylation sites (tertiary alicyclic amines) is 1. The Kier molecular flexibility index (Phi) is 7.71. The Bertz CT molecular complexity index is 632. The highest BCUT2D eigenvalue weighted by atomic mass is 32.2. The van der Waals surface area contributed by atoms with Crippen LogP contribution in [-0.4, -0.2) is 53.7 Å². The predicted molar refractivity (Wildman–Crippen MR) is 112 cm³/mol. The standard InChI is InChI=1S/C21H34N2O3S/c1-21(2,3)26-20(24)23-15-12-17(13-16-23)7-6-14-22(4)18-8-10-19(11-9-18)27(5)25/h8-11,17H,6-7,12-16H2,1-5H3. The third kappa shape index (κ3) is 7.17. The molecule has 2 rings (SSSR count). The van der Waals surface area contributed by atoms with Gasteiger partial charge in [-0.15, -0.1) is 0 Å². The van der Waals surface area contributed by atoms with Gasteiger partial charge in [0.1, 0.15) is 5.60 Å². The van der Waals surface area contributed by atoms with Crippen molar-refractivity contribution in [1.82, 2.24) is 4.90 Å². The van der Waals surface area contributed by atoms with Crippen LogP contribution in [0, 0.1) is 5.92 Å². The van der Waals surface area contributed by atoms with Crippen LogP contribution in [0.25, 0.3) is 0 Å². The number of hydrogen-bond donors (Lipinski definition) is 0. The maximum absolute atomic E-state index is 12.1. The monoisotopic (exact) mass is 394 g/mol. The molecule has 152 valence electrons. The summed E-state index contributed by atoms with van der Waals surface area (Å²) in [5, 5.41) is 0. The van der Waals surface area contributed by atoms with Crippen LogP contribution in [0.3, 0.4) is 0 Å². The van der Waals surface area contributed by atoms with Crippen LogP contribution in [-0.2, 0) is 15.5 Å². The van der Waals surface area contributed by atoms with Gasteiger partial charge in [-0.05, 0) is 76.6 Å². The molecule has 0 radical (unpaired) electrons. The SMILES string of the molecule is CN(CCCC1CCN(C(=O)OC(C)(C)C)CC1)c1ccc(S(C)=O)cc1. The van der Waals surface area contributed by atoms with E-state index < -0.39 is 16.4 Å². The number of benzene rings is 1. The summed E-state index contributed by atoms with van der Waals surface area (Å²) in [4.78, 5) is 17.1. The predicted octanol–water partition coefficient (Wildman–Crippen LogP) is 4.29. The zero-order chi connectivity index (χ0) is 20.0. The van der Waals surface area contributed by atoms with E-state index in [9.17, 15) is 9.00 Å². The molecule has 1 atom stereocenters. The Hall–Kier alpha value is -1.56. The molecular formula is C21H34N2O3S. The van der Waals surface area contributed by atoms with Gasteiger partial charge >= 0.3 is 6.09 Å². The number of rotatable bonds is 6. The van der Waals surface area contributed by atoms with Crippen LogP contribution in [0.5, 0.6) is 0 Å². The van der Waals surface area contributed by atoms with E-state index in [4.69, 9.17) is 4.74 Å². The van der Waals surface area contributed by atoms with Gasteiger partial charge in [0.15, 0.2) is 0 Å². The van der Waals surface area contributed by atoms with E-state index in [0.29, 0.717) is 5.92 Å². The molecule has 1 unspecified atom stereocenters. The lowest BCUT2D eigenvalue weighted by Crippen LogP contribution is -2.41. The van der Waals surface area contributed by atoms with Crippen LogP contribution in [0.2, 0.25) is 0 Å². The Balaban J connectivity index is 1.69. The number of amides is 1. The van der Waals surface area contributed by atoms with Gasteiger partial charge in [0.2, 0.25) is 0 Å². The van der Waals surface area contributed by atoms with Crippen molar-refractivity contribution >= 4 is 22.6 Å². The molecule has 1 aliphatic rings. The van der Waals surface area contributed by atoms with Gasteiger partial charge in [0.05, 0.1) is 0 Å². The molecular weight excluding hydrogens is 360 g/mol. The fourth-order valence-corrected chi connectivity index (χ4v) is 3.89. The molecule has 0 N–H and O–H groups in total. The van der Waals surface area contributed by atoms with Crippen molar-refractivity contribution in [3.8, 4) is 0 Å². The minimum Gasteiger partial charge on any atom is -0.444 e. The molecule has 0 aromatic heterocycles. The van der Waals surface area contributed by atoms with Crippen molar-refractivity contribution in [3.05, 3.63) is 24.3 Å². The van der Waals surface area contributed by atoms with Gasteiger partial charge < -0.3 is 14.5 Å². The van der Waals surface area contributed by atoms with Gasteiger partial charge in [-0.1, -0.05) is 0 Å². The lowest BCUT2D eigenvalue weighted by atomic mass is 9.92. The number of hydrogen-bond acceptors (Lipinski definition) is 4. The van der Waals surface area contributed by atoms with Crippen LogP contribution in [0.4, 0.5) is 10.5 Å². The molecule has 0 spiro atoms. The second-order valence-corrected chi connectivity index (χ2v) is 9.80. The summed E-state index contributed by atoms with van der Waals surface area (Å²) in [6, 6.07) is 7.95. The number of carbonyl (C=O) groups is 1. The van der Waals surface area contributed by atoms with Gasteiger partial charge in [-0.25, -0.2) is 4.79 Å². The molecule has 1 fully saturated rings. The van der Waals surface area contributed by atoms with Crippen LogP contribution in [0.1, 0.15) is 46.5 Å². The number of carbonyl (C=O) groups excluding carboxylic acids is 1. The summed E-state index contributed by atoms with van der Waals surface area (Å²) in [6.45, 7) is 8.31. The van der Waals surface area contributed by atoms with Crippen molar-refractivity contribution in [2.45, 2.75) is 57.0 Å². The van der Waals surface area contributed by atoms with E-state index in [2.05, 4.69) is 11.9 Å². The molecule has 27 heavy (non-hydrogen) atoms. The fraction of sp³-hybridized carbons (Fsp3) is 0.667. The second-order valence-electron chi connectivity index (χ2n) is 8.42. The molecule has 1 amide bonds. The highest BCUT2D eigenvalue weighted by molar-refractivity contribution is 7.84. The Labute approximate surface area is 166 Å². The summed E-state index contributed by atoms with van der Waals surface area (Å²) >= 11 is 0. The van der Waals surface area contributed by atoms with E-state index in [-0.39, 0.29) is 6.09 Å². The van der Waals surface area contributed by atoms with Gasteiger partial charge in [0.25, 0.3) is 0 Å². The molecule has 6 heteroatoms. The first-order valence-electron chi connectivity index (χ1n) is 9.78. The van der Waals surface area contributed by atoms with Crippen molar-refractivity contribution < 1.29 is 13.7 Å². The molecule has 5 nitrogen and oxygen atoms in total. The first-order valence-corrected chi connectivity index (χ1v) is 11.3. The number of piperidine rings is 1. The molecule has 1 aromatic carbocycles. The quantitative estimate of drug-likeness (QED) is 0.722. The third-order valence-electron chi connectivity index (χ3n) is 4.98. The van der Waals surface area contributed by atoms with Crippen molar-refractivity contribution in [2.24, 2.45) is 5.92 Å². The number of anilines is 1. The van der Waals surface area contributed by atoms with E-state index >= 15 is 0 Å². The van der Waals surface area contributed by atoms with Crippen molar-refractivity contribution in [2.75, 3.05) is 37.8 Å². The number of nitrogens with zero attached hydrogens (tertiary/aromatic N) is 2. The summed E-state index contributed by atoms with van der Waals surface area (Å²) in [5.41, 5.74) is 0.729. The van der Waals surface area contributed by atoms with Crippen molar-refractivity contribution in [1.29, 1.82) is 0 Å². The smallest absolute Gasteiger partial charge is 0.410 e. The highest BCUT2D eigenvalue weighted by Crippen LogP contribution is 2.24. The molecule has 0 bridgehead atoms. The lowest BCUT2D eigenvalue weighted by Gasteiger charge is -2.33. The average Bonchev–Trinajstić information content (AvgIpc) is 2.60. The zero-order valence-corrected chi connectivity index (χ0v) is 18.2. The van der Waals surface area contributed by atoms with E-state index in [1.54, 1.807) is 6.26 Å². The van der Waals surface area contributed by atoms with E-state index in [1.165, 1.54) is 6.42 Å². The molecule has 0 saturated carbocycles. The fourth-order valence-electron chi connectivity index (χ4n) is 3.37. The van der Waals surface area contributed by atoms with Crippen LogP contribution < -0.4 is 4.90 Å². The number of ether oxygens (including phenoxy) is 1. The largest absolute Gasteiger partial charge is 0.444 e. The summed E-state index contributed by atoms with van der Waals surface area (Å²) in [6.07, 6.45) is 5.95. The average molecular weight is 395 g/mol. The molecule has 1 aliphatic heterocycles. The Morgan fingerprint density at radius 3 is 2.33 bits per heavy atom. The molecule has 1 aromatic rings. The zero-order valence-electron chi connectivity index (χ0n) is 17.4. The first-order chi connectivity index (χ1) is 12.7. The lowest BCUT2D eigenvalue weighted by molar-refractivity contribution is 0.0181. The molecule has 1 heterocycles. The molecule has 1 saturated heterocycles. The van der Waals surface area contributed by atoms with Gasteiger partial charge in [0, 0.05) is 54.3 Å². The minimum atomic E-state index is -0.927. The van der Waals surface area contributed by atoms with Gasteiger partial charge in [-0.2, -0.15) is 0 Å². The second kappa shape index (κ2) is 9.58. The Morgan fingerprint density at radius 2 is 1.81 bits per heavy atom. The van der Waals surface area contributed by atoms with E-state index in [0.717, 1.165) is 49.5 Å². The highest BCUT2D eigenvalue weighted by Gasteiger charge is 2.26. The van der Waals surface area contributed by atoms with E-state index in [1.807, 2.05) is 49.9 Å². The topological polar surface area (TPSA) is 49.9 Å². The van der Waals surface area contributed by atoms with Gasteiger partial charge in [-0.3, -0.25) is 4.21 Å². The normalized spacial score (nSPS) is 16.9. The minimum absolute atomic E-state index is 0.183. The van der Waals surface area contributed by atoms with Crippen LogP contribution in [0.15, 0.2) is 29.2 Å². The summed E-state index contributed by atoms with van der Waals surface area (Å²) in [5.74, 6) is 0.682. The molecule has 0 aliphatic carbocycles. The van der Waals surface area contributed by atoms with Crippen LogP contribution >= 0.6 is 0 Å². The Morgan fingerprint density at radius 1 is 1.22 bits per heavy atom. The summed E-state index contributed by atoms with van der Waals surface area (Å²) < 4.78 is 16.9. The third-order valence-corrected chi connectivity index (χ3v) is 5.92.